The van der Waals surface area contributed by atoms with Crippen molar-refractivity contribution < 1.29 is 8.81 Å². The fourth-order valence-corrected chi connectivity index (χ4v) is 5.75. The Morgan fingerprint density at radius 2 is 0.905 bits per heavy atom. The molecule has 8 aromatic rings. The molecule has 0 atom stereocenters. The minimum Gasteiger partial charge on any atom is -0.438 e. The highest BCUT2D eigenvalue weighted by Crippen LogP contribution is 2.34. The van der Waals surface area contributed by atoms with Crippen molar-refractivity contribution in [3.8, 4) is 44.5 Å². The Morgan fingerprint density at radius 3 is 1.50 bits per heavy atom. The zero-order valence-corrected chi connectivity index (χ0v) is 22.6. The lowest BCUT2D eigenvalue weighted by Crippen LogP contribution is -1.84. The topological polar surface area (TPSA) is 26.0 Å². The molecule has 0 spiro atoms. The van der Waals surface area contributed by atoms with E-state index in [2.05, 4.69) is 108 Å². The van der Waals surface area contributed by atoms with Gasteiger partial charge in [0.05, 0.1) is 0 Å². The second-order valence-corrected chi connectivity index (χ2v) is 10.6. The van der Waals surface area contributed by atoms with Gasteiger partial charge in [0.15, 0.2) is 0 Å². The van der Waals surface area contributed by atoms with Crippen LogP contribution in [0, 0.1) is 5.82 Å². The van der Waals surface area contributed by atoms with Gasteiger partial charge in [-0.3, -0.25) is 0 Å². The number of halogens is 1. The van der Waals surface area contributed by atoms with Crippen molar-refractivity contribution >= 4 is 32.8 Å². The molecule has 8 rings (SSSR count). The number of pyridine rings is 1. The molecular formula is C39H24FNO. The Kier molecular flexibility index (Phi) is 5.68. The minimum absolute atomic E-state index is 0.221. The van der Waals surface area contributed by atoms with Crippen molar-refractivity contribution in [3.63, 3.8) is 0 Å². The number of hydrogen-bond donors (Lipinski definition) is 0. The lowest BCUT2D eigenvalue weighted by Gasteiger charge is -2.09. The highest BCUT2D eigenvalue weighted by atomic mass is 19.1. The minimum atomic E-state index is -0.221. The van der Waals surface area contributed by atoms with E-state index in [0.717, 1.165) is 49.7 Å². The summed E-state index contributed by atoms with van der Waals surface area (Å²) < 4.78 is 19.2. The first-order valence-electron chi connectivity index (χ1n) is 14.0. The molecule has 0 radical (unpaired) electrons. The van der Waals surface area contributed by atoms with E-state index in [-0.39, 0.29) is 5.82 Å². The molecule has 0 aliphatic rings. The van der Waals surface area contributed by atoms with Gasteiger partial charge in [0, 0.05) is 17.0 Å². The summed E-state index contributed by atoms with van der Waals surface area (Å²) in [5.74, 6) is -0.221. The number of fused-ring (bicyclic) bond motifs is 4. The first kappa shape index (κ1) is 24.3. The lowest BCUT2D eigenvalue weighted by atomic mass is 9.95. The van der Waals surface area contributed by atoms with Gasteiger partial charge in [0.25, 0.3) is 0 Å². The maximum Gasteiger partial charge on any atom is 0.227 e. The Balaban J connectivity index is 1.08. The van der Waals surface area contributed by atoms with Crippen LogP contribution in [-0.2, 0) is 0 Å². The molecule has 6 aromatic carbocycles. The van der Waals surface area contributed by atoms with Crippen molar-refractivity contribution in [1.29, 1.82) is 0 Å². The molecule has 3 heteroatoms. The molecule has 0 saturated carbocycles. The van der Waals surface area contributed by atoms with Crippen molar-refractivity contribution in [2.45, 2.75) is 0 Å². The number of nitrogens with zero attached hydrogens (tertiary/aromatic N) is 1. The van der Waals surface area contributed by atoms with Crippen molar-refractivity contribution in [2.75, 3.05) is 0 Å². The normalized spacial score (nSPS) is 11.5. The number of benzene rings is 6. The van der Waals surface area contributed by atoms with Gasteiger partial charge < -0.3 is 4.42 Å². The monoisotopic (exact) mass is 541 g/mol. The van der Waals surface area contributed by atoms with E-state index in [1.165, 1.54) is 34.0 Å². The van der Waals surface area contributed by atoms with Crippen LogP contribution < -0.4 is 0 Å². The smallest absolute Gasteiger partial charge is 0.227 e. The van der Waals surface area contributed by atoms with E-state index in [0.29, 0.717) is 5.71 Å². The predicted molar refractivity (Wildman–Crippen MR) is 171 cm³/mol. The maximum atomic E-state index is 13.3. The van der Waals surface area contributed by atoms with E-state index < -0.39 is 0 Å². The first-order chi connectivity index (χ1) is 20.7. The second-order valence-electron chi connectivity index (χ2n) is 10.6. The molecule has 2 heterocycles. The molecule has 2 nitrogen and oxygen atoms in total. The van der Waals surface area contributed by atoms with Crippen LogP contribution in [0.25, 0.3) is 77.3 Å². The Hall–Kier alpha value is -5.54. The highest BCUT2D eigenvalue weighted by molar-refractivity contribution is 6.05. The average molecular weight is 542 g/mol. The summed E-state index contributed by atoms with van der Waals surface area (Å²) in [5.41, 5.74) is 10.6. The molecule has 2 aromatic heterocycles. The quantitative estimate of drug-likeness (QED) is 0.221. The molecule has 0 unspecified atom stereocenters. The Morgan fingerprint density at radius 1 is 0.429 bits per heavy atom. The highest BCUT2D eigenvalue weighted by Gasteiger charge is 2.10. The molecular weight excluding hydrogens is 517 g/mol. The van der Waals surface area contributed by atoms with Gasteiger partial charge in [0.2, 0.25) is 5.71 Å². The van der Waals surface area contributed by atoms with E-state index >= 15 is 0 Å². The summed E-state index contributed by atoms with van der Waals surface area (Å²) >= 11 is 0. The van der Waals surface area contributed by atoms with Crippen LogP contribution in [0.2, 0.25) is 0 Å². The van der Waals surface area contributed by atoms with Gasteiger partial charge in [-0.15, -0.1) is 0 Å². The van der Waals surface area contributed by atoms with Crippen molar-refractivity contribution in [1.82, 2.24) is 4.98 Å². The van der Waals surface area contributed by atoms with E-state index in [9.17, 15) is 4.39 Å². The summed E-state index contributed by atoms with van der Waals surface area (Å²) in [6.07, 6.45) is 1.76. The van der Waals surface area contributed by atoms with Gasteiger partial charge >= 0.3 is 0 Å². The first-order valence-corrected chi connectivity index (χ1v) is 14.0. The SMILES string of the molecule is Fc1ccc(-c2ccc(-c3ccc4ccc(-c5ccc(-c6ccc7oc8ncccc8c7c6)cc5)cc4c3)cc2)cc1. The molecule has 0 bridgehead atoms. The van der Waals surface area contributed by atoms with Crippen LogP contribution in [0.3, 0.4) is 0 Å². The summed E-state index contributed by atoms with van der Waals surface area (Å²) in [5, 5.41) is 4.51. The molecule has 0 aliphatic carbocycles. The standard InChI is InChI=1S/C39H24FNO/c40-35-18-15-26(16-19-35)25-3-5-27(6-4-25)31-13-11-30-12-14-32(23-34(30)22-31)28-7-9-29(10-8-28)33-17-20-38-37(24-33)36-2-1-21-41-39(36)42-38/h1-24H. The lowest BCUT2D eigenvalue weighted by molar-refractivity contribution is 0.628. The summed E-state index contributed by atoms with van der Waals surface area (Å²) in [6.45, 7) is 0. The second kappa shape index (κ2) is 9.83. The largest absolute Gasteiger partial charge is 0.438 e. The van der Waals surface area contributed by atoms with Crippen LogP contribution in [-0.4, -0.2) is 4.98 Å². The van der Waals surface area contributed by atoms with Gasteiger partial charge in [-0.25, -0.2) is 9.37 Å². The van der Waals surface area contributed by atoms with Crippen LogP contribution in [0.1, 0.15) is 0 Å². The van der Waals surface area contributed by atoms with E-state index in [4.69, 9.17) is 4.42 Å². The number of rotatable bonds is 4. The van der Waals surface area contributed by atoms with Crippen molar-refractivity contribution in [2.24, 2.45) is 0 Å². The number of furan rings is 1. The van der Waals surface area contributed by atoms with Gasteiger partial charge in [-0.1, -0.05) is 91.0 Å². The van der Waals surface area contributed by atoms with Crippen LogP contribution in [0.5, 0.6) is 0 Å². The third kappa shape index (κ3) is 4.32. The van der Waals surface area contributed by atoms with Crippen LogP contribution in [0.4, 0.5) is 4.39 Å². The molecule has 198 valence electrons. The molecule has 0 N–H and O–H groups in total. The van der Waals surface area contributed by atoms with Gasteiger partial charge in [0.1, 0.15) is 11.4 Å². The third-order valence-corrected chi connectivity index (χ3v) is 8.04. The Bertz CT molecular complexity index is 2230. The van der Waals surface area contributed by atoms with Crippen LogP contribution >= 0.6 is 0 Å². The number of hydrogen-bond acceptors (Lipinski definition) is 2. The van der Waals surface area contributed by atoms with Gasteiger partial charge in [-0.05, 0) is 104 Å². The molecule has 0 fully saturated rings. The molecule has 0 aliphatic heterocycles. The molecule has 42 heavy (non-hydrogen) atoms. The van der Waals surface area contributed by atoms with E-state index in [1.54, 1.807) is 6.20 Å². The average Bonchev–Trinajstić information content (AvgIpc) is 3.43. The summed E-state index contributed by atoms with van der Waals surface area (Å²) in [7, 11) is 0. The third-order valence-electron chi connectivity index (χ3n) is 8.04. The predicted octanol–water partition coefficient (Wildman–Crippen LogP) is 10.9. The molecule has 0 amide bonds. The van der Waals surface area contributed by atoms with Crippen molar-refractivity contribution in [3.05, 3.63) is 152 Å². The Labute approximate surface area is 242 Å². The van der Waals surface area contributed by atoms with Gasteiger partial charge in [-0.2, -0.15) is 0 Å². The molecule has 0 saturated heterocycles. The number of aromatic nitrogens is 1. The van der Waals surface area contributed by atoms with Crippen LogP contribution in [0.15, 0.2) is 150 Å². The summed E-state index contributed by atoms with van der Waals surface area (Å²) in [6, 6.07) is 47.3. The van der Waals surface area contributed by atoms with E-state index in [1.807, 2.05) is 24.3 Å². The zero-order chi connectivity index (χ0) is 28.0. The zero-order valence-electron chi connectivity index (χ0n) is 22.6. The fraction of sp³-hybridized carbons (Fsp3) is 0. The maximum absolute atomic E-state index is 13.3. The summed E-state index contributed by atoms with van der Waals surface area (Å²) in [4.78, 5) is 4.35. The fourth-order valence-electron chi connectivity index (χ4n) is 5.75.